The Labute approximate surface area is 123 Å². The van der Waals surface area contributed by atoms with Gasteiger partial charge in [0.05, 0.1) is 24.8 Å². The standard InChI is InChI=1S/C17H16O4/c1-3-21-17(19)13-8-6-7-12(11-13)16(18)14-9-4-5-10-15(14)20-2/h4-11H,3H2,1-2H3. The molecular weight excluding hydrogens is 268 g/mol. The minimum Gasteiger partial charge on any atom is -0.496 e. The Morgan fingerprint density at radius 3 is 2.43 bits per heavy atom. The smallest absolute Gasteiger partial charge is 0.338 e. The minimum atomic E-state index is -0.438. The lowest BCUT2D eigenvalue weighted by molar-refractivity contribution is 0.0526. The van der Waals surface area contributed by atoms with Crippen LogP contribution >= 0.6 is 0 Å². The number of ether oxygens (including phenoxy) is 2. The SMILES string of the molecule is CCOC(=O)c1cccc(C(=O)c2ccccc2OC)c1. The Balaban J connectivity index is 2.36. The molecule has 108 valence electrons. The molecule has 2 aromatic rings. The molecule has 0 saturated carbocycles. The molecule has 2 rings (SSSR count). The maximum atomic E-state index is 12.5. The van der Waals surface area contributed by atoms with Gasteiger partial charge in [-0.15, -0.1) is 0 Å². The summed E-state index contributed by atoms with van der Waals surface area (Å²) >= 11 is 0. The monoisotopic (exact) mass is 284 g/mol. The summed E-state index contributed by atoms with van der Waals surface area (Å²) in [5.74, 6) is -0.130. The van der Waals surface area contributed by atoms with Crippen molar-refractivity contribution >= 4 is 11.8 Å². The molecule has 4 heteroatoms. The van der Waals surface area contributed by atoms with Crippen molar-refractivity contribution in [3.8, 4) is 5.75 Å². The highest BCUT2D eigenvalue weighted by molar-refractivity contribution is 6.11. The molecule has 0 fully saturated rings. The summed E-state index contributed by atoms with van der Waals surface area (Å²) in [7, 11) is 1.52. The first-order valence-electron chi connectivity index (χ1n) is 6.62. The van der Waals surface area contributed by atoms with Crippen molar-refractivity contribution in [2.24, 2.45) is 0 Å². The van der Waals surface area contributed by atoms with E-state index in [1.807, 2.05) is 0 Å². The summed E-state index contributed by atoms with van der Waals surface area (Å²) in [5.41, 5.74) is 1.24. The number of hydrogen-bond acceptors (Lipinski definition) is 4. The third kappa shape index (κ3) is 3.28. The fraction of sp³-hybridized carbons (Fsp3) is 0.176. The second kappa shape index (κ2) is 6.70. The van der Waals surface area contributed by atoms with Crippen LogP contribution in [0.15, 0.2) is 48.5 Å². The molecule has 0 aliphatic rings. The molecule has 0 N–H and O–H groups in total. The van der Waals surface area contributed by atoms with Crippen LogP contribution in [-0.4, -0.2) is 25.5 Å². The van der Waals surface area contributed by atoms with Gasteiger partial charge in [-0.05, 0) is 31.2 Å². The van der Waals surface area contributed by atoms with E-state index in [0.29, 0.717) is 29.0 Å². The summed E-state index contributed by atoms with van der Waals surface area (Å²) in [4.78, 5) is 24.2. The molecule has 0 aliphatic carbocycles. The average Bonchev–Trinajstić information content (AvgIpc) is 2.54. The number of ketones is 1. The first kappa shape index (κ1) is 14.8. The number of rotatable bonds is 5. The van der Waals surface area contributed by atoms with Crippen molar-refractivity contribution in [1.82, 2.24) is 0 Å². The lowest BCUT2D eigenvalue weighted by Crippen LogP contribution is -2.08. The Morgan fingerprint density at radius 2 is 1.71 bits per heavy atom. The number of methoxy groups -OCH3 is 1. The molecule has 4 nitrogen and oxygen atoms in total. The normalized spacial score (nSPS) is 10.0. The molecule has 0 aromatic heterocycles. The molecular formula is C17H16O4. The van der Waals surface area contributed by atoms with Gasteiger partial charge in [0.15, 0.2) is 5.78 Å². The van der Waals surface area contributed by atoms with Crippen molar-refractivity contribution in [2.45, 2.75) is 6.92 Å². The van der Waals surface area contributed by atoms with E-state index in [1.165, 1.54) is 13.2 Å². The highest BCUT2D eigenvalue weighted by Gasteiger charge is 2.16. The van der Waals surface area contributed by atoms with Gasteiger partial charge in [0, 0.05) is 5.56 Å². The van der Waals surface area contributed by atoms with E-state index in [0.717, 1.165) is 0 Å². The van der Waals surface area contributed by atoms with Gasteiger partial charge in [0.1, 0.15) is 5.75 Å². The lowest BCUT2D eigenvalue weighted by atomic mass is 10.0. The van der Waals surface area contributed by atoms with E-state index < -0.39 is 5.97 Å². The van der Waals surface area contributed by atoms with E-state index in [2.05, 4.69) is 0 Å². The van der Waals surface area contributed by atoms with Crippen LogP contribution in [-0.2, 0) is 4.74 Å². The first-order chi connectivity index (χ1) is 10.2. The predicted molar refractivity (Wildman–Crippen MR) is 78.8 cm³/mol. The molecule has 0 radical (unpaired) electrons. The maximum Gasteiger partial charge on any atom is 0.338 e. The molecule has 2 aromatic carbocycles. The van der Waals surface area contributed by atoms with Crippen LogP contribution in [0.4, 0.5) is 0 Å². The van der Waals surface area contributed by atoms with Gasteiger partial charge >= 0.3 is 5.97 Å². The second-order valence-electron chi connectivity index (χ2n) is 4.33. The highest BCUT2D eigenvalue weighted by atomic mass is 16.5. The average molecular weight is 284 g/mol. The van der Waals surface area contributed by atoms with Gasteiger partial charge in [0.2, 0.25) is 0 Å². The first-order valence-corrected chi connectivity index (χ1v) is 6.62. The van der Waals surface area contributed by atoms with Crippen LogP contribution in [0, 0.1) is 0 Å². The summed E-state index contributed by atoms with van der Waals surface area (Å²) in [6.45, 7) is 2.03. The number of para-hydroxylation sites is 1. The largest absolute Gasteiger partial charge is 0.496 e. The van der Waals surface area contributed by atoms with Gasteiger partial charge in [-0.25, -0.2) is 4.79 Å². The number of carbonyl (C=O) groups is 2. The van der Waals surface area contributed by atoms with Crippen molar-refractivity contribution in [3.63, 3.8) is 0 Å². The van der Waals surface area contributed by atoms with Gasteiger partial charge in [-0.2, -0.15) is 0 Å². The molecule has 0 bridgehead atoms. The number of carbonyl (C=O) groups excluding carboxylic acids is 2. The Morgan fingerprint density at radius 1 is 1.00 bits per heavy atom. The fourth-order valence-electron chi connectivity index (χ4n) is 1.99. The number of hydrogen-bond donors (Lipinski definition) is 0. The van der Waals surface area contributed by atoms with E-state index in [9.17, 15) is 9.59 Å². The molecule has 0 amide bonds. The van der Waals surface area contributed by atoms with Crippen LogP contribution < -0.4 is 4.74 Å². The van der Waals surface area contributed by atoms with Gasteiger partial charge in [0.25, 0.3) is 0 Å². The molecule has 0 spiro atoms. The molecule has 0 saturated heterocycles. The van der Waals surface area contributed by atoms with Crippen molar-refractivity contribution in [2.75, 3.05) is 13.7 Å². The molecule has 0 heterocycles. The molecule has 0 unspecified atom stereocenters. The van der Waals surface area contributed by atoms with Crippen LogP contribution in [0.25, 0.3) is 0 Å². The molecule has 21 heavy (non-hydrogen) atoms. The molecule has 0 atom stereocenters. The molecule has 0 aliphatic heterocycles. The second-order valence-corrected chi connectivity index (χ2v) is 4.33. The Hall–Kier alpha value is -2.62. The third-order valence-corrected chi connectivity index (χ3v) is 2.99. The van der Waals surface area contributed by atoms with Gasteiger partial charge < -0.3 is 9.47 Å². The highest BCUT2D eigenvalue weighted by Crippen LogP contribution is 2.21. The van der Waals surface area contributed by atoms with Crippen LogP contribution in [0.5, 0.6) is 5.75 Å². The summed E-state index contributed by atoms with van der Waals surface area (Å²) in [5, 5.41) is 0. The van der Waals surface area contributed by atoms with Crippen molar-refractivity contribution in [3.05, 3.63) is 65.2 Å². The zero-order chi connectivity index (χ0) is 15.2. The summed E-state index contributed by atoms with van der Waals surface area (Å²) in [6, 6.07) is 13.5. The minimum absolute atomic E-state index is 0.196. The van der Waals surface area contributed by atoms with E-state index in [4.69, 9.17) is 9.47 Å². The van der Waals surface area contributed by atoms with Gasteiger partial charge in [-0.3, -0.25) is 4.79 Å². The summed E-state index contributed by atoms with van der Waals surface area (Å²) in [6.07, 6.45) is 0. The van der Waals surface area contributed by atoms with Crippen molar-refractivity contribution in [1.29, 1.82) is 0 Å². The number of esters is 1. The predicted octanol–water partition coefficient (Wildman–Crippen LogP) is 3.10. The fourth-order valence-corrected chi connectivity index (χ4v) is 1.99. The topological polar surface area (TPSA) is 52.6 Å². The van der Waals surface area contributed by atoms with E-state index in [1.54, 1.807) is 49.4 Å². The Kier molecular flexibility index (Phi) is 4.72. The summed E-state index contributed by atoms with van der Waals surface area (Å²) < 4.78 is 10.1. The van der Waals surface area contributed by atoms with E-state index in [-0.39, 0.29) is 5.78 Å². The third-order valence-electron chi connectivity index (χ3n) is 2.99. The van der Waals surface area contributed by atoms with Crippen molar-refractivity contribution < 1.29 is 19.1 Å². The number of benzene rings is 2. The van der Waals surface area contributed by atoms with Crippen LogP contribution in [0.1, 0.15) is 33.2 Å². The Bertz CT molecular complexity index is 661. The van der Waals surface area contributed by atoms with E-state index >= 15 is 0 Å². The van der Waals surface area contributed by atoms with Gasteiger partial charge in [-0.1, -0.05) is 24.3 Å². The maximum absolute atomic E-state index is 12.5. The zero-order valence-electron chi connectivity index (χ0n) is 12.0. The zero-order valence-corrected chi connectivity index (χ0v) is 12.0. The lowest BCUT2D eigenvalue weighted by Gasteiger charge is -2.08. The van der Waals surface area contributed by atoms with Crippen LogP contribution in [0.3, 0.4) is 0 Å². The van der Waals surface area contributed by atoms with Crippen LogP contribution in [0.2, 0.25) is 0 Å². The quantitative estimate of drug-likeness (QED) is 0.625.